The zero-order valence-corrected chi connectivity index (χ0v) is 13.7. The third-order valence-electron chi connectivity index (χ3n) is 4.31. The van der Waals surface area contributed by atoms with Gasteiger partial charge in [0, 0.05) is 19.6 Å². The van der Waals surface area contributed by atoms with Gasteiger partial charge in [0.1, 0.15) is 5.60 Å². The third kappa shape index (κ3) is 5.15. The van der Waals surface area contributed by atoms with E-state index < -0.39 is 11.2 Å². The van der Waals surface area contributed by atoms with Crippen LogP contribution in [0.1, 0.15) is 52.9 Å². The van der Waals surface area contributed by atoms with Crippen LogP contribution < -0.4 is 0 Å². The largest absolute Gasteiger partial charge is 0.444 e. The summed E-state index contributed by atoms with van der Waals surface area (Å²) in [6, 6.07) is 0. The van der Waals surface area contributed by atoms with E-state index in [1.165, 1.54) is 19.3 Å². The van der Waals surface area contributed by atoms with Crippen molar-refractivity contribution < 1.29 is 14.6 Å². The van der Waals surface area contributed by atoms with Gasteiger partial charge in [0.25, 0.3) is 0 Å². The molecule has 5 nitrogen and oxygen atoms in total. The third-order valence-corrected chi connectivity index (χ3v) is 4.31. The lowest BCUT2D eigenvalue weighted by molar-refractivity contribution is -0.0523. The molecule has 2 aliphatic rings. The average Bonchev–Trinajstić information content (AvgIpc) is 2.38. The molecule has 0 unspecified atom stereocenters. The maximum Gasteiger partial charge on any atom is 0.410 e. The van der Waals surface area contributed by atoms with Crippen LogP contribution in [-0.4, -0.2) is 64.9 Å². The highest BCUT2D eigenvalue weighted by Crippen LogP contribution is 2.25. The van der Waals surface area contributed by atoms with Crippen molar-refractivity contribution in [2.75, 3.05) is 32.7 Å². The van der Waals surface area contributed by atoms with Gasteiger partial charge < -0.3 is 19.6 Å². The van der Waals surface area contributed by atoms with Gasteiger partial charge in [-0.2, -0.15) is 0 Å². The summed E-state index contributed by atoms with van der Waals surface area (Å²) in [5.74, 6) is 0. The van der Waals surface area contributed by atoms with Gasteiger partial charge in [-0.1, -0.05) is 6.42 Å². The number of ether oxygens (including phenoxy) is 1. The van der Waals surface area contributed by atoms with Crippen LogP contribution in [0.15, 0.2) is 0 Å². The van der Waals surface area contributed by atoms with Gasteiger partial charge in [-0.25, -0.2) is 4.79 Å². The number of hydrogen-bond donors (Lipinski definition) is 1. The first-order valence-corrected chi connectivity index (χ1v) is 8.20. The topological polar surface area (TPSA) is 53.0 Å². The zero-order valence-electron chi connectivity index (χ0n) is 13.7. The number of rotatable bonds is 2. The molecule has 2 saturated heterocycles. The second kappa shape index (κ2) is 6.53. The van der Waals surface area contributed by atoms with E-state index in [0.717, 1.165) is 19.6 Å². The van der Waals surface area contributed by atoms with Crippen LogP contribution in [0.25, 0.3) is 0 Å². The van der Waals surface area contributed by atoms with Crippen molar-refractivity contribution in [3.8, 4) is 0 Å². The Balaban J connectivity index is 1.80. The molecule has 0 saturated carbocycles. The van der Waals surface area contributed by atoms with Crippen molar-refractivity contribution in [1.29, 1.82) is 0 Å². The van der Waals surface area contributed by atoms with Crippen LogP contribution in [0.5, 0.6) is 0 Å². The Hall–Kier alpha value is -0.810. The van der Waals surface area contributed by atoms with Gasteiger partial charge in [0.15, 0.2) is 0 Å². The van der Waals surface area contributed by atoms with Gasteiger partial charge >= 0.3 is 6.09 Å². The quantitative estimate of drug-likeness (QED) is 0.849. The molecule has 5 heteroatoms. The van der Waals surface area contributed by atoms with E-state index in [2.05, 4.69) is 4.90 Å². The van der Waals surface area contributed by atoms with Crippen molar-refractivity contribution in [2.24, 2.45) is 0 Å². The maximum atomic E-state index is 12.0. The summed E-state index contributed by atoms with van der Waals surface area (Å²) in [5, 5.41) is 10.7. The van der Waals surface area contributed by atoms with E-state index in [9.17, 15) is 9.90 Å². The lowest BCUT2D eigenvalue weighted by atomic mass is 9.90. The number of amides is 1. The summed E-state index contributed by atoms with van der Waals surface area (Å²) >= 11 is 0. The molecular formula is C16H30N2O3. The Morgan fingerprint density at radius 1 is 1.10 bits per heavy atom. The first kappa shape index (κ1) is 16.6. The van der Waals surface area contributed by atoms with Crippen molar-refractivity contribution in [2.45, 2.75) is 64.1 Å². The van der Waals surface area contributed by atoms with Crippen LogP contribution in [0.4, 0.5) is 4.79 Å². The second-order valence-electron chi connectivity index (χ2n) is 7.53. The number of aliphatic hydroxyl groups is 1. The number of likely N-dealkylation sites (tertiary alicyclic amines) is 2. The fraction of sp³-hybridized carbons (Fsp3) is 0.938. The maximum absolute atomic E-state index is 12.0. The first-order valence-electron chi connectivity index (χ1n) is 8.20. The molecule has 2 heterocycles. The molecule has 0 aromatic heterocycles. The summed E-state index contributed by atoms with van der Waals surface area (Å²) < 4.78 is 5.39. The Labute approximate surface area is 128 Å². The standard InChI is InChI=1S/C16H30N2O3/c1-15(2,3)21-14(19)18-11-7-16(20,8-12-18)13-17-9-5-4-6-10-17/h20H,4-13H2,1-3H3. The van der Waals surface area contributed by atoms with Crippen molar-refractivity contribution in [3.63, 3.8) is 0 Å². The molecule has 1 N–H and O–H groups in total. The minimum Gasteiger partial charge on any atom is -0.444 e. The average molecular weight is 298 g/mol. The van der Waals surface area contributed by atoms with Gasteiger partial charge in [0.05, 0.1) is 5.60 Å². The number of hydrogen-bond acceptors (Lipinski definition) is 4. The number of carbonyl (C=O) groups is 1. The van der Waals surface area contributed by atoms with Crippen molar-refractivity contribution in [1.82, 2.24) is 9.80 Å². The summed E-state index contributed by atoms with van der Waals surface area (Å²) in [5.41, 5.74) is -1.10. The second-order valence-corrected chi connectivity index (χ2v) is 7.53. The summed E-state index contributed by atoms with van der Waals surface area (Å²) in [7, 11) is 0. The van der Waals surface area contributed by atoms with Crippen LogP contribution in [0.2, 0.25) is 0 Å². The molecule has 2 rings (SSSR count). The monoisotopic (exact) mass is 298 g/mol. The minimum absolute atomic E-state index is 0.262. The highest BCUT2D eigenvalue weighted by Gasteiger charge is 2.36. The molecule has 0 aromatic carbocycles. The molecule has 122 valence electrons. The van der Waals surface area contributed by atoms with Crippen molar-refractivity contribution >= 4 is 6.09 Å². The molecule has 1 amide bonds. The number of nitrogens with zero attached hydrogens (tertiary/aromatic N) is 2. The minimum atomic E-state index is -0.643. The molecular weight excluding hydrogens is 268 g/mol. The molecule has 2 fully saturated rings. The SMILES string of the molecule is CC(C)(C)OC(=O)N1CCC(O)(CN2CCCCC2)CC1. The molecule has 0 aliphatic carbocycles. The number of β-amino-alcohol motifs (C(OH)–C–C–N with tert-alkyl or cyclic N) is 1. The highest BCUT2D eigenvalue weighted by molar-refractivity contribution is 5.68. The smallest absolute Gasteiger partial charge is 0.410 e. The summed E-state index contributed by atoms with van der Waals surface area (Å²) in [6.45, 7) is 9.73. The number of piperidine rings is 2. The molecule has 0 aromatic rings. The van der Waals surface area contributed by atoms with Gasteiger partial charge in [-0.15, -0.1) is 0 Å². The van der Waals surface area contributed by atoms with Gasteiger partial charge in [-0.3, -0.25) is 0 Å². The molecule has 0 spiro atoms. The molecule has 21 heavy (non-hydrogen) atoms. The van der Waals surface area contributed by atoms with E-state index in [4.69, 9.17) is 4.74 Å². The summed E-state index contributed by atoms with van der Waals surface area (Å²) in [6.07, 6.45) is 4.80. The van der Waals surface area contributed by atoms with E-state index in [1.54, 1.807) is 4.90 Å². The van der Waals surface area contributed by atoms with E-state index in [-0.39, 0.29) is 6.09 Å². The Morgan fingerprint density at radius 2 is 1.67 bits per heavy atom. The lowest BCUT2D eigenvalue weighted by Crippen LogP contribution is -2.53. The van der Waals surface area contributed by atoms with Gasteiger partial charge in [0.2, 0.25) is 0 Å². The zero-order chi connectivity index (χ0) is 15.5. The molecule has 0 bridgehead atoms. The molecule has 0 radical (unpaired) electrons. The van der Waals surface area contributed by atoms with E-state index in [0.29, 0.717) is 25.9 Å². The van der Waals surface area contributed by atoms with Crippen LogP contribution in [0, 0.1) is 0 Å². The lowest BCUT2D eigenvalue weighted by Gasteiger charge is -2.41. The van der Waals surface area contributed by atoms with Crippen molar-refractivity contribution in [3.05, 3.63) is 0 Å². The molecule has 0 atom stereocenters. The van der Waals surface area contributed by atoms with E-state index >= 15 is 0 Å². The predicted molar refractivity (Wildman–Crippen MR) is 82.3 cm³/mol. The first-order chi connectivity index (χ1) is 9.77. The van der Waals surface area contributed by atoms with Crippen LogP contribution >= 0.6 is 0 Å². The normalized spacial score (nSPS) is 23.9. The van der Waals surface area contributed by atoms with Crippen LogP contribution in [-0.2, 0) is 4.74 Å². The predicted octanol–water partition coefficient (Wildman–Crippen LogP) is 2.23. The van der Waals surface area contributed by atoms with Crippen LogP contribution in [0.3, 0.4) is 0 Å². The van der Waals surface area contributed by atoms with E-state index in [1.807, 2.05) is 20.8 Å². The Morgan fingerprint density at radius 3 is 2.19 bits per heavy atom. The Bertz CT molecular complexity index is 351. The Kier molecular flexibility index (Phi) is 5.15. The van der Waals surface area contributed by atoms with Gasteiger partial charge in [-0.05, 0) is 59.5 Å². The fourth-order valence-electron chi connectivity index (χ4n) is 3.12. The molecule has 2 aliphatic heterocycles. The highest BCUT2D eigenvalue weighted by atomic mass is 16.6. The number of carbonyl (C=O) groups excluding carboxylic acids is 1. The summed E-state index contributed by atoms with van der Waals surface area (Å²) in [4.78, 5) is 16.1. The fourth-order valence-corrected chi connectivity index (χ4v) is 3.12.